The maximum atomic E-state index is 5.50. The van der Waals surface area contributed by atoms with E-state index in [9.17, 15) is 0 Å². The Morgan fingerprint density at radius 2 is 1.70 bits per heavy atom. The number of rotatable bonds is 6. The van der Waals surface area contributed by atoms with Crippen LogP contribution >= 0.6 is 0 Å². The molecule has 0 amide bonds. The predicted octanol–water partition coefficient (Wildman–Crippen LogP) is 0.398. The lowest BCUT2D eigenvalue weighted by Gasteiger charge is -2.40. The van der Waals surface area contributed by atoms with Gasteiger partial charge in [-0.1, -0.05) is 0 Å². The first kappa shape index (κ1) is 19.9. The molecular weight excluding hydrogens is 384 g/mol. The van der Waals surface area contributed by atoms with Gasteiger partial charge in [0.1, 0.15) is 5.52 Å². The number of fused-ring (bicyclic) bond motifs is 1. The number of anilines is 2. The molecule has 10 nitrogen and oxygen atoms in total. The van der Waals surface area contributed by atoms with Crippen LogP contribution in [0.25, 0.3) is 11.2 Å². The molecule has 2 aromatic heterocycles. The third-order valence-corrected chi connectivity index (χ3v) is 6.41. The molecule has 0 atom stereocenters. The van der Waals surface area contributed by atoms with E-state index in [-0.39, 0.29) is 0 Å². The molecule has 0 aromatic carbocycles. The molecule has 0 aliphatic carbocycles. The average Bonchev–Trinajstić information content (AvgIpc) is 3.29. The topological polar surface area (TPSA) is 94.7 Å². The fourth-order valence-electron chi connectivity index (χ4n) is 4.62. The van der Waals surface area contributed by atoms with E-state index in [0.29, 0.717) is 6.04 Å². The normalized spacial score (nSPS) is 22.6. The monoisotopic (exact) mass is 416 g/mol. The van der Waals surface area contributed by atoms with Crippen LogP contribution in [0.15, 0.2) is 6.33 Å². The first-order valence-electron chi connectivity index (χ1n) is 11.2. The number of aromatic nitrogens is 4. The van der Waals surface area contributed by atoms with Crippen LogP contribution < -0.4 is 10.2 Å². The molecule has 5 heterocycles. The lowest BCUT2D eigenvalue weighted by molar-refractivity contribution is 0.0114. The standard InChI is InChI=1S/C20H32N8O2/c1-4-28(5-2-16(1)27-9-13-30-14-10-27)20-24-18(17-19(25-20)23-15-22-17)21-3-6-26-7-11-29-12-8-26/h15-16H,1-14H2,(H2,21,22,23,24,25). The molecule has 5 rings (SSSR count). The van der Waals surface area contributed by atoms with E-state index in [1.165, 1.54) is 0 Å². The second-order valence-corrected chi connectivity index (χ2v) is 8.22. The zero-order valence-electron chi connectivity index (χ0n) is 17.6. The van der Waals surface area contributed by atoms with Gasteiger partial charge in [0.2, 0.25) is 5.95 Å². The molecule has 0 radical (unpaired) electrons. The van der Waals surface area contributed by atoms with Crippen LogP contribution in [-0.2, 0) is 9.47 Å². The number of hydrogen-bond acceptors (Lipinski definition) is 9. The number of morpholine rings is 2. The fraction of sp³-hybridized carbons (Fsp3) is 0.750. The molecule has 0 spiro atoms. The summed E-state index contributed by atoms with van der Waals surface area (Å²) in [6, 6.07) is 0.644. The van der Waals surface area contributed by atoms with Crippen molar-refractivity contribution in [2.75, 3.05) is 89.0 Å². The second kappa shape index (κ2) is 9.42. The highest BCUT2D eigenvalue weighted by Crippen LogP contribution is 2.25. The zero-order valence-corrected chi connectivity index (χ0v) is 17.6. The Kier molecular flexibility index (Phi) is 6.26. The van der Waals surface area contributed by atoms with Crippen LogP contribution in [0.3, 0.4) is 0 Å². The third-order valence-electron chi connectivity index (χ3n) is 6.41. The number of aromatic amines is 1. The van der Waals surface area contributed by atoms with Gasteiger partial charge in [-0.15, -0.1) is 0 Å². The van der Waals surface area contributed by atoms with Crippen molar-refractivity contribution < 1.29 is 9.47 Å². The van der Waals surface area contributed by atoms with Crippen molar-refractivity contribution in [2.24, 2.45) is 0 Å². The molecule has 3 saturated heterocycles. The van der Waals surface area contributed by atoms with Crippen molar-refractivity contribution in [1.82, 2.24) is 29.7 Å². The molecule has 3 aliphatic heterocycles. The lowest BCUT2D eigenvalue weighted by Crippen LogP contribution is -2.49. The molecule has 3 fully saturated rings. The van der Waals surface area contributed by atoms with Gasteiger partial charge >= 0.3 is 0 Å². The summed E-state index contributed by atoms with van der Waals surface area (Å²) in [7, 11) is 0. The number of H-pyrrole nitrogens is 1. The molecule has 0 unspecified atom stereocenters. The fourth-order valence-corrected chi connectivity index (χ4v) is 4.62. The van der Waals surface area contributed by atoms with E-state index < -0.39 is 0 Å². The van der Waals surface area contributed by atoms with E-state index in [1.807, 2.05) is 0 Å². The quantitative estimate of drug-likeness (QED) is 0.694. The van der Waals surface area contributed by atoms with E-state index in [4.69, 9.17) is 19.4 Å². The van der Waals surface area contributed by atoms with Crippen LogP contribution in [-0.4, -0.2) is 115 Å². The Labute approximate surface area is 176 Å². The number of ether oxygens (including phenoxy) is 2. The minimum absolute atomic E-state index is 0.644. The number of imidazole rings is 1. The molecule has 10 heteroatoms. The van der Waals surface area contributed by atoms with Crippen LogP contribution in [0, 0.1) is 0 Å². The first-order valence-corrected chi connectivity index (χ1v) is 11.2. The van der Waals surface area contributed by atoms with Gasteiger partial charge < -0.3 is 24.7 Å². The van der Waals surface area contributed by atoms with Gasteiger partial charge in [0.15, 0.2) is 11.5 Å². The largest absolute Gasteiger partial charge is 0.379 e. The molecule has 0 bridgehead atoms. The summed E-state index contributed by atoms with van der Waals surface area (Å²) in [5, 5.41) is 3.51. The maximum Gasteiger partial charge on any atom is 0.229 e. The number of hydrogen-bond donors (Lipinski definition) is 2. The van der Waals surface area contributed by atoms with Gasteiger partial charge in [0, 0.05) is 58.4 Å². The van der Waals surface area contributed by atoms with E-state index in [1.54, 1.807) is 6.33 Å². The molecule has 0 saturated carbocycles. The molecule has 164 valence electrons. The van der Waals surface area contributed by atoms with Crippen LogP contribution in [0.4, 0.5) is 11.8 Å². The summed E-state index contributed by atoms with van der Waals surface area (Å²) in [5.74, 6) is 1.62. The minimum atomic E-state index is 0.644. The highest BCUT2D eigenvalue weighted by Gasteiger charge is 2.27. The Hall–Kier alpha value is -2.01. The van der Waals surface area contributed by atoms with E-state index in [2.05, 4.69) is 30.0 Å². The molecule has 30 heavy (non-hydrogen) atoms. The third kappa shape index (κ3) is 4.51. The Morgan fingerprint density at radius 1 is 0.967 bits per heavy atom. The van der Waals surface area contributed by atoms with Gasteiger partial charge in [0.05, 0.1) is 32.8 Å². The molecule has 3 aliphatic rings. The van der Waals surface area contributed by atoms with Crippen LogP contribution in [0.1, 0.15) is 12.8 Å². The maximum absolute atomic E-state index is 5.50. The minimum Gasteiger partial charge on any atom is -0.379 e. The molecule has 2 aromatic rings. The van der Waals surface area contributed by atoms with Crippen LogP contribution in [0.2, 0.25) is 0 Å². The second-order valence-electron chi connectivity index (χ2n) is 8.22. The van der Waals surface area contributed by atoms with Gasteiger partial charge in [-0.2, -0.15) is 9.97 Å². The summed E-state index contributed by atoms with van der Waals surface area (Å²) in [6.07, 6.45) is 3.98. The predicted molar refractivity (Wildman–Crippen MR) is 115 cm³/mol. The van der Waals surface area contributed by atoms with Crippen molar-refractivity contribution >= 4 is 22.9 Å². The summed E-state index contributed by atoms with van der Waals surface area (Å²) >= 11 is 0. The van der Waals surface area contributed by atoms with Crippen molar-refractivity contribution in [3.8, 4) is 0 Å². The average molecular weight is 417 g/mol. The summed E-state index contributed by atoms with van der Waals surface area (Å²) in [6.45, 7) is 11.2. The van der Waals surface area contributed by atoms with Crippen LogP contribution in [0.5, 0.6) is 0 Å². The number of piperidine rings is 1. The lowest BCUT2D eigenvalue weighted by atomic mass is 10.0. The zero-order chi connectivity index (χ0) is 20.2. The van der Waals surface area contributed by atoms with Crippen molar-refractivity contribution in [2.45, 2.75) is 18.9 Å². The highest BCUT2D eigenvalue weighted by molar-refractivity contribution is 5.83. The molecule has 2 N–H and O–H groups in total. The van der Waals surface area contributed by atoms with E-state index in [0.717, 1.165) is 115 Å². The smallest absolute Gasteiger partial charge is 0.229 e. The van der Waals surface area contributed by atoms with Gasteiger partial charge in [-0.3, -0.25) is 9.80 Å². The van der Waals surface area contributed by atoms with Crippen molar-refractivity contribution in [1.29, 1.82) is 0 Å². The Morgan fingerprint density at radius 3 is 2.47 bits per heavy atom. The summed E-state index contributed by atoms with van der Waals surface area (Å²) in [4.78, 5) is 24.5. The Bertz CT molecular complexity index is 810. The van der Waals surface area contributed by atoms with Crippen molar-refractivity contribution in [3.05, 3.63) is 6.33 Å². The number of nitrogens with zero attached hydrogens (tertiary/aromatic N) is 6. The summed E-state index contributed by atoms with van der Waals surface area (Å²) < 4.78 is 10.9. The summed E-state index contributed by atoms with van der Waals surface area (Å²) in [5.41, 5.74) is 1.60. The number of nitrogens with one attached hydrogen (secondary N) is 2. The van der Waals surface area contributed by atoms with Crippen molar-refractivity contribution in [3.63, 3.8) is 0 Å². The molecular formula is C20H32N8O2. The van der Waals surface area contributed by atoms with Gasteiger partial charge in [-0.05, 0) is 12.8 Å². The van der Waals surface area contributed by atoms with Gasteiger partial charge in [0.25, 0.3) is 0 Å². The van der Waals surface area contributed by atoms with E-state index >= 15 is 0 Å². The first-order chi connectivity index (χ1) is 14.9. The SMILES string of the molecule is c1nc2nc(N3CCC(N4CCOCC4)CC3)nc(NCCN3CCOCC3)c2[nH]1. The van der Waals surface area contributed by atoms with Gasteiger partial charge in [-0.25, -0.2) is 4.98 Å². The Balaban J connectivity index is 1.22. The highest BCUT2D eigenvalue weighted by atomic mass is 16.5.